The van der Waals surface area contributed by atoms with Gasteiger partial charge in [0.25, 0.3) is 0 Å². The van der Waals surface area contributed by atoms with Crippen molar-refractivity contribution in [3.8, 4) is 0 Å². The predicted octanol–water partition coefficient (Wildman–Crippen LogP) is 2.81. The van der Waals surface area contributed by atoms with Crippen LogP contribution in [0.5, 0.6) is 0 Å². The number of hydrogen-bond donors (Lipinski definition) is 0. The number of allylic oxidation sites excluding steroid dienone is 1. The van der Waals surface area contributed by atoms with Crippen molar-refractivity contribution in [2.45, 2.75) is 6.92 Å². The molecule has 0 atom stereocenters. The zero-order chi connectivity index (χ0) is 12.3. The summed E-state index contributed by atoms with van der Waals surface area (Å²) in [6.45, 7) is 1.86. The van der Waals surface area contributed by atoms with Crippen LogP contribution in [0.1, 0.15) is 12.5 Å². The number of esters is 1. The van der Waals surface area contributed by atoms with E-state index in [-0.39, 0.29) is 5.97 Å². The fourth-order valence-corrected chi connectivity index (χ4v) is 1.61. The average molecular weight is 227 g/mol. The Morgan fingerprint density at radius 2 is 2.12 bits per heavy atom. The van der Waals surface area contributed by atoms with Crippen molar-refractivity contribution in [1.82, 2.24) is 4.98 Å². The highest BCUT2D eigenvalue weighted by atomic mass is 16.5. The molecule has 2 rings (SSSR count). The monoisotopic (exact) mass is 227 g/mol. The van der Waals surface area contributed by atoms with Gasteiger partial charge in [-0.25, -0.2) is 4.79 Å². The average Bonchev–Trinajstić information content (AvgIpc) is 2.38. The lowest BCUT2D eigenvalue weighted by molar-refractivity contribution is -0.134. The smallest absolute Gasteiger partial charge is 0.330 e. The molecule has 2 aromatic rings. The van der Waals surface area contributed by atoms with E-state index in [2.05, 4.69) is 9.72 Å². The van der Waals surface area contributed by atoms with E-state index in [1.54, 1.807) is 6.20 Å². The highest BCUT2D eigenvalue weighted by Crippen LogP contribution is 2.18. The van der Waals surface area contributed by atoms with Crippen LogP contribution in [0, 0.1) is 0 Å². The summed E-state index contributed by atoms with van der Waals surface area (Å²) in [6.07, 6.45) is 3.23. The van der Waals surface area contributed by atoms with Crippen LogP contribution in [0.25, 0.3) is 16.5 Å². The van der Waals surface area contributed by atoms with Gasteiger partial charge in [0.15, 0.2) is 0 Å². The van der Waals surface area contributed by atoms with Crippen molar-refractivity contribution in [1.29, 1.82) is 0 Å². The SMILES string of the molecule is COC(=O)/C=C(\C)c1cnc2ccccc2c1. The first kappa shape index (κ1) is 11.3. The predicted molar refractivity (Wildman–Crippen MR) is 67.4 cm³/mol. The number of pyridine rings is 1. The first-order valence-electron chi connectivity index (χ1n) is 5.32. The number of benzene rings is 1. The maximum absolute atomic E-state index is 11.1. The van der Waals surface area contributed by atoms with Crippen molar-refractivity contribution in [2.75, 3.05) is 7.11 Å². The minimum atomic E-state index is -0.351. The van der Waals surface area contributed by atoms with Crippen molar-refractivity contribution in [2.24, 2.45) is 0 Å². The van der Waals surface area contributed by atoms with Gasteiger partial charge in [-0.1, -0.05) is 18.2 Å². The standard InChI is InChI=1S/C14H13NO2/c1-10(7-14(16)17-2)12-8-11-5-3-4-6-13(11)15-9-12/h3-9H,1-2H3/b10-7+. The molecule has 0 fully saturated rings. The zero-order valence-corrected chi connectivity index (χ0v) is 9.81. The summed E-state index contributed by atoms with van der Waals surface area (Å²) < 4.78 is 4.59. The molecule has 1 aromatic heterocycles. The molecule has 0 aliphatic carbocycles. The summed E-state index contributed by atoms with van der Waals surface area (Å²) in [5, 5.41) is 1.06. The summed E-state index contributed by atoms with van der Waals surface area (Å²) in [5.74, 6) is -0.351. The first-order valence-corrected chi connectivity index (χ1v) is 5.32. The van der Waals surface area contributed by atoms with Crippen LogP contribution >= 0.6 is 0 Å². The van der Waals surface area contributed by atoms with E-state index in [1.807, 2.05) is 37.3 Å². The van der Waals surface area contributed by atoms with Crippen molar-refractivity contribution in [3.63, 3.8) is 0 Å². The number of carbonyl (C=O) groups is 1. The summed E-state index contributed by atoms with van der Waals surface area (Å²) >= 11 is 0. The number of aromatic nitrogens is 1. The molecule has 0 amide bonds. The van der Waals surface area contributed by atoms with Crippen LogP contribution in [-0.2, 0) is 9.53 Å². The largest absolute Gasteiger partial charge is 0.466 e. The van der Waals surface area contributed by atoms with Gasteiger partial charge < -0.3 is 4.74 Å². The second kappa shape index (κ2) is 4.78. The van der Waals surface area contributed by atoms with Gasteiger partial charge >= 0.3 is 5.97 Å². The van der Waals surface area contributed by atoms with E-state index in [0.29, 0.717) is 0 Å². The van der Waals surface area contributed by atoms with Crippen molar-refractivity contribution in [3.05, 3.63) is 48.2 Å². The molecule has 0 saturated carbocycles. The molecule has 3 heteroatoms. The van der Waals surface area contributed by atoms with Crippen LogP contribution in [0.4, 0.5) is 0 Å². The molecule has 1 heterocycles. The molecule has 0 saturated heterocycles. The maximum Gasteiger partial charge on any atom is 0.330 e. The van der Waals surface area contributed by atoms with E-state index in [0.717, 1.165) is 22.0 Å². The van der Waals surface area contributed by atoms with Gasteiger partial charge in [-0.2, -0.15) is 0 Å². The van der Waals surface area contributed by atoms with Gasteiger partial charge in [0.2, 0.25) is 0 Å². The highest BCUT2D eigenvalue weighted by Gasteiger charge is 2.02. The first-order chi connectivity index (χ1) is 8.20. The van der Waals surface area contributed by atoms with E-state index >= 15 is 0 Å². The maximum atomic E-state index is 11.1. The second-order valence-corrected chi connectivity index (χ2v) is 3.77. The van der Waals surface area contributed by atoms with E-state index in [4.69, 9.17) is 0 Å². The Labute approximate surface area is 99.7 Å². The van der Waals surface area contributed by atoms with E-state index in [1.165, 1.54) is 13.2 Å². The quantitative estimate of drug-likeness (QED) is 0.585. The molecule has 0 aliphatic heterocycles. The van der Waals surface area contributed by atoms with Crippen LogP contribution in [-0.4, -0.2) is 18.1 Å². The minimum Gasteiger partial charge on any atom is -0.466 e. The molecule has 0 unspecified atom stereocenters. The minimum absolute atomic E-state index is 0.351. The fraction of sp³-hybridized carbons (Fsp3) is 0.143. The van der Waals surface area contributed by atoms with Gasteiger partial charge in [0, 0.05) is 17.7 Å². The summed E-state index contributed by atoms with van der Waals surface area (Å²) in [7, 11) is 1.37. The van der Waals surface area contributed by atoms with E-state index < -0.39 is 0 Å². The molecule has 0 aliphatic rings. The third-order valence-corrected chi connectivity index (χ3v) is 2.58. The molecule has 3 nitrogen and oxygen atoms in total. The molecule has 1 aromatic carbocycles. The van der Waals surface area contributed by atoms with Gasteiger partial charge in [-0.3, -0.25) is 4.98 Å². The molecule has 86 valence electrons. The topological polar surface area (TPSA) is 39.2 Å². The van der Waals surface area contributed by atoms with Gasteiger partial charge in [-0.15, -0.1) is 0 Å². The number of para-hydroxylation sites is 1. The summed E-state index contributed by atoms with van der Waals surface area (Å²) in [5.41, 5.74) is 2.71. The molecule has 0 bridgehead atoms. The third kappa shape index (κ3) is 2.50. The Balaban J connectivity index is 2.43. The number of rotatable bonds is 2. The third-order valence-electron chi connectivity index (χ3n) is 2.58. The lowest BCUT2D eigenvalue weighted by atomic mass is 10.1. The van der Waals surface area contributed by atoms with Crippen LogP contribution < -0.4 is 0 Å². The molecule has 17 heavy (non-hydrogen) atoms. The number of fused-ring (bicyclic) bond motifs is 1. The molecular weight excluding hydrogens is 214 g/mol. The van der Waals surface area contributed by atoms with Gasteiger partial charge in [0.05, 0.1) is 12.6 Å². The lowest BCUT2D eigenvalue weighted by Gasteiger charge is -2.03. The molecular formula is C14H13NO2. The van der Waals surface area contributed by atoms with Gasteiger partial charge in [0.1, 0.15) is 0 Å². The Bertz CT molecular complexity index is 588. The number of nitrogens with zero attached hydrogens (tertiary/aromatic N) is 1. The molecule has 0 spiro atoms. The zero-order valence-electron chi connectivity index (χ0n) is 9.81. The Morgan fingerprint density at radius 1 is 1.35 bits per heavy atom. The number of ether oxygens (including phenoxy) is 1. The van der Waals surface area contributed by atoms with Crippen molar-refractivity contribution < 1.29 is 9.53 Å². The van der Waals surface area contributed by atoms with Crippen LogP contribution in [0.3, 0.4) is 0 Å². The lowest BCUT2D eigenvalue weighted by Crippen LogP contribution is -1.96. The van der Waals surface area contributed by atoms with Crippen molar-refractivity contribution >= 4 is 22.4 Å². The Kier molecular flexibility index (Phi) is 3.19. The summed E-state index contributed by atoms with van der Waals surface area (Å²) in [4.78, 5) is 15.5. The number of methoxy groups -OCH3 is 1. The number of hydrogen-bond acceptors (Lipinski definition) is 3. The van der Waals surface area contributed by atoms with Crippen LogP contribution in [0.2, 0.25) is 0 Å². The highest BCUT2D eigenvalue weighted by molar-refractivity contribution is 5.92. The Hall–Kier alpha value is -2.16. The van der Waals surface area contributed by atoms with Gasteiger partial charge in [-0.05, 0) is 30.2 Å². The number of carbonyl (C=O) groups excluding carboxylic acids is 1. The Morgan fingerprint density at radius 3 is 2.88 bits per heavy atom. The molecule has 0 radical (unpaired) electrons. The van der Waals surface area contributed by atoms with E-state index in [9.17, 15) is 4.79 Å². The summed E-state index contributed by atoms with van der Waals surface area (Å²) in [6, 6.07) is 9.88. The molecule has 0 N–H and O–H groups in total. The fourth-order valence-electron chi connectivity index (χ4n) is 1.61. The van der Waals surface area contributed by atoms with Crippen LogP contribution in [0.15, 0.2) is 42.6 Å². The normalized spacial score (nSPS) is 11.5. The second-order valence-electron chi connectivity index (χ2n) is 3.77.